The largest absolute Gasteiger partial charge is 0.444 e. The molecule has 5 nitrogen and oxygen atoms in total. The Morgan fingerprint density at radius 2 is 1.83 bits per heavy atom. The quantitative estimate of drug-likeness (QED) is 0.865. The number of nitrogens with zero attached hydrogens (tertiary/aromatic N) is 1. The minimum atomic E-state index is -0.434. The summed E-state index contributed by atoms with van der Waals surface area (Å²) >= 11 is 0. The molecule has 1 aromatic heterocycles. The third-order valence-electron chi connectivity index (χ3n) is 2.80. The van der Waals surface area contributed by atoms with Gasteiger partial charge < -0.3 is 15.5 Å². The number of ether oxygens (including phenoxy) is 1. The lowest BCUT2D eigenvalue weighted by Crippen LogP contribution is -2.52. The van der Waals surface area contributed by atoms with Crippen LogP contribution in [0.25, 0.3) is 0 Å². The summed E-state index contributed by atoms with van der Waals surface area (Å²) in [6.45, 7) is 5.59. The Balaban J connectivity index is 1.66. The van der Waals surface area contributed by atoms with Gasteiger partial charge in [0.05, 0.1) is 0 Å². The average Bonchev–Trinajstić information content (AvgIpc) is 2.63. The van der Waals surface area contributed by atoms with Gasteiger partial charge >= 0.3 is 6.09 Å². The topological polar surface area (TPSA) is 55.3 Å². The lowest BCUT2D eigenvalue weighted by Gasteiger charge is -2.37. The van der Waals surface area contributed by atoms with Crippen molar-refractivity contribution < 1.29 is 9.53 Å². The van der Waals surface area contributed by atoms with Gasteiger partial charge in [-0.1, -0.05) is 0 Å². The van der Waals surface area contributed by atoms with Gasteiger partial charge in [0.1, 0.15) is 5.60 Å². The van der Waals surface area contributed by atoms with E-state index in [0.717, 1.165) is 12.8 Å². The van der Waals surface area contributed by atoms with E-state index in [1.165, 1.54) is 0 Å². The zero-order valence-corrected chi connectivity index (χ0v) is 11.1. The van der Waals surface area contributed by atoms with Gasteiger partial charge in [-0.3, -0.25) is 4.68 Å². The average molecular weight is 251 g/mol. The van der Waals surface area contributed by atoms with Crippen molar-refractivity contribution in [2.45, 2.75) is 51.3 Å². The summed E-state index contributed by atoms with van der Waals surface area (Å²) in [6, 6.07) is 4.58. The molecule has 1 aliphatic rings. The summed E-state index contributed by atoms with van der Waals surface area (Å²) in [6.07, 6.45) is 5.46. The fourth-order valence-corrected chi connectivity index (χ4v) is 1.95. The highest BCUT2D eigenvalue weighted by Crippen LogP contribution is 2.21. The highest BCUT2D eigenvalue weighted by atomic mass is 16.6. The number of amides is 1. The zero-order valence-electron chi connectivity index (χ0n) is 11.1. The summed E-state index contributed by atoms with van der Waals surface area (Å²) in [5.74, 6) is 0. The number of nitrogens with one attached hydrogen (secondary N) is 2. The Bertz CT molecular complexity index is 389. The summed E-state index contributed by atoms with van der Waals surface area (Å²) in [5.41, 5.74) is 2.90. The van der Waals surface area contributed by atoms with Crippen molar-refractivity contribution in [1.29, 1.82) is 0 Å². The summed E-state index contributed by atoms with van der Waals surface area (Å²) < 4.78 is 7.15. The first-order chi connectivity index (χ1) is 8.42. The molecule has 1 heterocycles. The number of hydrogen-bond donors (Lipinski definition) is 2. The molecular formula is C13H21N3O2. The predicted octanol–water partition coefficient (Wildman–Crippen LogP) is 2.09. The maximum atomic E-state index is 11.5. The SMILES string of the molecule is CC(C)(C)OC(=O)NC1CC(Nn2cccc2)C1. The summed E-state index contributed by atoms with van der Waals surface area (Å²) in [4.78, 5) is 11.5. The van der Waals surface area contributed by atoms with Gasteiger partial charge in [0.25, 0.3) is 0 Å². The number of aromatic nitrogens is 1. The van der Waals surface area contributed by atoms with Crippen LogP contribution >= 0.6 is 0 Å². The van der Waals surface area contributed by atoms with Gasteiger partial charge in [0.15, 0.2) is 0 Å². The number of rotatable bonds is 3. The molecule has 0 atom stereocenters. The van der Waals surface area contributed by atoms with Crippen LogP contribution in [0.15, 0.2) is 24.5 Å². The molecule has 1 aliphatic carbocycles. The van der Waals surface area contributed by atoms with E-state index in [1.807, 2.05) is 50.0 Å². The maximum absolute atomic E-state index is 11.5. The van der Waals surface area contributed by atoms with E-state index in [0.29, 0.717) is 6.04 Å². The van der Waals surface area contributed by atoms with Crippen molar-refractivity contribution in [3.63, 3.8) is 0 Å². The van der Waals surface area contributed by atoms with Crippen molar-refractivity contribution in [2.24, 2.45) is 0 Å². The van der Waals surface area contributed by atoms with E-state index in [-0.39, 0.29) is 12.1 Å². The van der Waals surface area contributed by atoms with Crippen LogP contribution in [0.4, 0.5) is 4.79 Å². The van der Waals surface area contributed by atoms with E-state index in [9.17, 15) is 4.79 Å². The Hall–Kier alpha value is -1.65. The highest BCUT2D eigenvalue weighted by molar-refractivity contribution is 5.68. The smallest absolute Gasteiger partial charge is 0.407 e. The third-order valence-corrected chi connectivity index (χ3v) is 2.80. The van der Waals surface area contributed by atoms with Crippen LogP contribution in [-0.2, 0) is 4.74 Å². The Morgan fingerprint density at radius 1 is 1.22 bits per heavy atom. The molecule has 1 aromatic rings. The monoisotopic (exact) mass is 251 g/mol. The van der Waals surface area contributed by atoms with Gasteiger partial charge in [0, 0.05) is 24.5 Å². The molecule has 2 rings (SSSR count). The van der Waals surface area contributed by atoms with Gasteiger partial charge in [0.2, 0.25) is 0 Å². The molecule has 0 unspecified atom stereocenters. The van der Waals surface area contributed by atoms with Crippen LogP contribution in [0.5, 0.6) is 0 Å². The molecule has 18 heavy (non-hydrogen) atoms. The minimum Gasteiger partial charge on any atom is -0.444 e. The molecule has 0 bridgehead atoms. The van der Waals surface area contributed by atoms with E-state index in [2.05, 4.69) is 10.7 Å². The first-order valence-corrected chi connectivity index (χ1v) is 6.31. The molecule has 0 aromatic carbocycles. The summed E-state index contributed by atoms with van der Waals surface area (Å²) in [7, 11) is 0. The van der Waals surface area contributed by atoms with Gasteiger partial charge in [-0.2, -0.15) is 0 Å². The summed E-state index contributed by atoms with van der Waals surface area (Å²) in [5, 5.41) is 2.87. The molecule has 2 N–H and O–H groups in total. The highest BCUT2D eigenvalue weighted by Gasteiger charge is 2.31. The number of alkyl carbamates (subject to hydrolysis) is 1. The van der Waals surface area contributed by atoms with Crippen molar-refractivity contribution in [3.05, 3.63) is 24.5 Å². The number of hydrogen-bond acceptors (Lipinski definition) is 3. The normalized spacial score (nSPS) is 23.1. The maximum Gasteiger partial charge on any atom is 0.407 e. The van der Waals surface area contributed by atoms with Crippen molar-refractivity contribution >= 4 is 6.09 Å². The lowest BCUT2D eigenvalue weighted by molar-refractivity contribution is 0.0474. The van der Waals surface area contributed by atoms with Crippen molar-refractivity contribution in [3.8, 4) is 0 Å². The van der Waals surface area contributed by atoms with Crippen molar-refractivity contribution in [1.82, 2.24) is 9.99 Å². The molecular weight excluding hydrogens is 230 g/mol. The van der Waals surface area contributed by atoms with Crippen LogP contribution in [0.1, 0.15) is 33.6 Å². The van der Waals surface area contributed by atoms with Gasteiger partial charge in [-0.25, -0.2) is 4.79 Å². The predicted molar refractivity (Wildman–Crippen MR) is 70.0 cm³/mol. The number of carbonyl (C=O) groups is 1. The Kier molecular flexibility index (Phi) is 3.50. The fraction of sp³-hybridized carbons (Fsp3) is 0.615. The number of carbonyl (C=O) groups excluding carboxylic acids is 1. The zero-order chi connectivity index (χ0) is 13.2. The second-order valence-electron chi connectivity index (χ2n) is 5.73. The molecule has 0 saturated heterocycles. The Morgan fingerprint density at radius 3 is 2.39 bits per heavy atom. The molecule has 1 saturated carbocycles. The van der Waals surface area contributed by atoms with Gasteiger partial charge in [-0.05, 0) is 45.7 Å². The van der Waals surface area contributed by atoms with Gasteiger partial charge in [-0.15, -0.1) is 0 Å². The molecule has 0 aliphatic heterocycles. The fourth-order valence-electron chi connectivity index (χ4n) is 1.95. The molecule has 100 valence electrons. The molecule has 5 heteroatoms. The van der Waals surface area contributed by atoms with Crippen LogP contribution in [0.3, 0.4) is 0 Å². The molecule has 0 radical (unpaired) electrons. The van der Waals surface area contributed by atoms with E-state index in [4.69, 9.17) is 4.74 Å². The molecule has 1 amide bonds. The van der Waals surface area contributed by atoms with E-state index in [1.54, 1.807) is 0 Å². The first kappa shape index (κ1) is 12.8. The van der Waals surface area contributed by atoms with Crippen LogP contribution in [0.2, 0.25) is 0 Å². The Labute approximate surface area is 107 Å². The van der Waals surface area contributed by atoms with Crippen LogP contribution < -0.4 is 10.7 Å². The van der Waals surface area contributed by atoms with E-state index < -0.39 is 5.60 Å². The molecule has 1 fully saturated rings. The second kappa shape index (κ2) is 4.92. The molecule has 0 spiro atoms. The third kappa shape index (κ3) is 3.68. The standard InChI is InChI=1S/C13H21N3O2/c1-13(2,3)18-12(17)14-10-8-11(9-10)15-16-6-4-5-7-16/h4-7,10-11,15H,8-9H2,1-3H3,(H,14,17). The van der Waals surface area contributed by atoms with Crippen LogP contribution in [-0.4, -0.2) is 28.5 Å². The minimum absolute atomic E-state index is 0.216. The van der Waals surface area contributed by atoms with E-state index >= 15 is 0 Å². The first-order valence-electron chi connectivity index (χ1n) is 6.31. The lowest BCUT2D eigenvalue weighted by atomic mass is 9.87. The van der Waals surface area contributed by atoms with Crippen molar-refractivity contribution in [2.75, 3.05) is 5.43 Å². The second-order valence-corrected chi connectivity index (χ2v) is 5.73. The van der Waals surface area contributed by atoms with Crippen LogP contribution in [0, 0.1) is 0 Å².